The van der Waals surface area contributed by atoms with Gasteiger partial charge in [0.05, 0.1) is 10.6 Å². The van der Waals surface area contributed by atoms with Crippen LogP contribution in [0.5, 0.6) is 0 Å². The lowest BCUT2D eigenvalue weighted by atomic mass is 10.1. The summed E-state index contributed by atoms with van der Waals surface area (Å²) in [5.74, 6) is 0. The molecule has 0 unspecified atom stereocenters. The molecule has 0 spiro atoms. The summed E-state index contributed by atoms with van der Waals surface area (Å²) >= 11 is 7.60. The van der Waals surface area contributed by atoms with Crippen molar-refractivity contribution in [2.45, 2.75) is 0 Å². The van der Waals surface area contributed by atoms with Gasteiger partial charge in [-0.25, -0.2) is 0 Å². The van der Waals surface area contributed by atoms with Gasteiger partial charge in [0.1, 0.15) is 0 Å². The molecule has 0 aliphatic carbocycles. The third-order valence-electron chi connectivity index (χ3n) is 2.74. The van der Waals surface area contributed by atoms with E-state index in [9.17, 15) is 0 Å². The van der Waals surface area contributed by atoms with E-state index in [1.807, 2.05) is 36.4 Å². The van der Waals surface area contributed by atoms with Gasteiger partial charge in [0.25, 0.3) is 0 Å². The maximum atomic E-state index is 6.19. The molecule has 0 atom stereocenters. The first-order valence-electron chi connectivity index (χ1n) is 5.28. The molecule has 1 aromatic heterocycles. The summed E-state index contributed by atoms with van der Waals surface area (Å²) in [5.41, 5.74) is 8.16. The Morgan fingerprint density at radius 3 is 2.35 bits per heavy atom. The number of hydrogen-bond acceptors (Lipinski definition) is 2. The van der Waals surface area contributed by atoms with Crippen LogP contribution >= 0.6 is 22.9 Å². The van der Waals surface area contributed by atoms with E-state index in [1.54, 1.807) is 11.3 Å². The van der Waals surface area contributed by atoms with Gasteiger partial charge >= 0.3 is 0 Å². The Morgan fingerprint density at radius 1 is 0.941 bits per heavy atom. The molecular formula is C14H10ClNS. The molecule has 1 heterocycles. The Hall–Kier alpha value is -1.51. The Labute approximate surface area is 108 Å². The van der Waals surface area contributed by atoms with E-state index >= 15 is 0 Å². The molecule has 0 fully saturated rings. The number of nitrogen functional groups attached to an aromatic ring is 1. The van der Waals surface area contributed by atoms with E-state index in [4.69, 9.17) is 17.3 Å². The predicted molar refractivity (Wildman–Crippen MR) is 76.7 cm³/mol. The number of hydrogen-bond donors (Lipinski definition) is 1. The summed E-state index contributed by atoms with van der Waals surface area (Å²) in [6.45, 7) is 0. The Bertz CT molecular complexity index is 670. The van der Waals surface area contributed by atoms with Crippen molar-refractivity contribution in [3.63, 3.8) is 0 Å². The van der Waals surface area contributed by atoms with Gasteiger partial charge in [0, 0.05) is 15.1 Å². The van der Waals surface area contributed by atoms with Crippen molar-refractivity contribution < 1.29 is 0 Å². The van der Waals surface area contributed by atoms with Crippen molar-refractivity contribution in [3.05, 3.63) is 53.6 Å². The number of halogens is 1. The normalized spacial score (nSPS) is 10.9. The molecule has 0 saturated heterocycles. The predicted octanol–water partition coefficient (Wildman–Crippen LogP) is 4.80. The van der Waals surface area contributed by atoms with Crippen LogP contribution < -0.4 is 5.73 Å². The number of benzene rings is 2. The maximum absolute atomic E-state index is 6.19. The van der Waals surface area contributed by atoms with Crippen LogP contribution in [0.15, 0.2) is 48.5 Å². The van der Waals surface area contributed by atoms with Gasteiger partial charge in [0.2, 0.25) is 0 Å². The second-order valence-electron chi connectivity index (χ2n) is 3.85. The molecule has 3 heteroatoms. The zero-order valence-corrected chi connectivity index (χ0v) is 10.6. The van der Waals surface area contributed by atoms with Crippen LogP contribution in [0.2, 0.25) is 5.02 Å². The highest BCUT2D eigenvalue weighted by Crippen LogP contribution is 2.40. The van der Waals surface area contributed by atoms with Crippen LogP contribution in [-0.4, -0.2) is 0 Å². The first-order chi connectivity index (χ1) is 8.25. The lowest BCUT2D eigenvalue weighted by Crippen LogP contribution is -1.84. The minimum Gasteiger partial charge on any atom is -0.397 e. The molecule has 0 aliphatic heterocycles. The largest absolute Gasteiger partial charge is 0.397 e. The highest BCUT2D eigenvalue weighted by atomic mass is 35.5. The number of anilines is 1. The van der Waals surface area contributed by atoms with Gasteiger partial charge in [-0.15, -0.1) is 11.3 Å². The molecule has 3 aromatic rings. The lowest BCUT2D eigenvalue weighted by molar-refractivity contribution is 1.69. The highest BCUT2D eigenvalue weighted by Gasteiger charge is 2.10. The summed E-state index contributed by atoms with van der Waals surface area (Å²) < 4.78 is 1.22. The van der Waals surface area contributed by atoms with Crippen molar-refractivity contribution in [1.29, 1.82) is 0 Å². The maximum Gasteiger partial charge on any atom is 0.0585 e. The van der Waals surface area contributed by atoms with Crippen LogP contribution in [0, 0.1) is 0 Å². The molecule has 2 aromatic carbocycles. The van der Waals surface area contributed by atoms with Crippen LogP contribution in [0.25, 0.3) is 20.5 Å². The number of rotatable bonds is 1. The molecule has 0 radical (unpaired) electrons. The van der Waals surface area contributed by atoms with Crippen molar-refractivity contribution in [3.8, 4) is 10.4 Å². The van der Waals surface area contributed by atoms with Crippen LogP contribution in [0.1, 0.15) is 0 Å². The fourth-order valence-corrected chi connectivity index (χ4v) is 3.14. The van der Waals surface area contributed by atoms with E-state index in [-0.39, 0.29) is 0 Å². The van der Waals surface area contributed by atoms with E-state index < -0.39 is 0 Å². The minimum atomic E-state index is 0.744. The molecule has 0 amide bonds. The van der Waals surface area contributed by atoms with Crippen molar-refractivity contribution >= 4 is 38.7 Å². The molecule has 1 nitrogen and oxygen atoms in total. The fraction of sp³-hybridized carbons (Fsp3) is 0. The summed E-state index contributed by atoms with van der Waals surface area (Å²) in [6, 6.07) is 16.0. The van der Waals surface area contributed by atoms with Crippen molar-refractivity contribution in [2.75, 3.05) is 5.73 Å². The molecule has 0 bridgehead atoms. The van der Waals surface area contributed by atoms with E-state index in [2.05, 4.69) is 12.1 Å². The fourth-order valence-electron chi connectivity index (χ4n) is 1.88. The number of nitrogens with two attached hydrogens (primary N) is 1. The van der Waals surface area contributed by atoms with Gasteiger partial charge in [0.15, 0.2) is 0 Å². The van der Waals surface area contributed by atoms with Crippen molar-refractivity contribution in [2.24, 2.45) is 0 Å². The topological polar surface area (TPSA) is 26.0 Å². The molecule has 0 aliphatic rings. The summed E-state index contributed by atoms with van der Waals surface area (Å²) in [6.07, 6.45) is 0. The SMILES string of the molecule is Nc1c(-c2ccc(Cl)cc2)sc2ccccc12. The average molecular weight is 260 g/mol. The molecular weight excluding hydrogens is 250 g/mol. The standard InChI is InChI=1S/C14H10ClNS/c15-10-7-5-9(6-8-10)14-13(16)11-3-1-2-4-12(11)17-14/h1-8H,16H2. The molecule has 0 saturated carbocycles. The molecule has 3 rings (SSSR count). The van der Waals surface area contributed by atoms with Crippen LogP contribution in [0.3, 0.4) is 0 Å². The van der Waals surface area contributed by atoms with Gasteiger partial charge in [-0.1, -0.05) is 41.9 Å². The highest BCUT2D eigenvalue weighted by molar-refractivity contribution is 7.23. The Kier molecular flexibility index (Phi) is 2.54. The third kappa shape index (κ3) is 1.79. The summed E-state index contributed by atoms with van der Waals surface area (Å²) in [5, 5.41) is 1.87. The second kappa shape index (κ2) is 4.06. The average Bonchev–Trinajstić information content (AvgIpc) is 2.69. The lowest BCUT2D eigenvalue weighted by Gasteiger charge is -1.99. The molecule has 17 heavy (non-hydrogen) atoms. The zero-order valence-electron chi connectivity index (χ0n) is 8.98. The van der Waals surface area contributed by atoms with Gasteiger partial charge in [-0.3, -0.25) is 0 Å². The Balaban J connectivity index is 2.24. The first-order valence-corrected chi connectivity index (χ1v) is 6.48. The second-order valence-corrected chi connectivity index (χ2v) is 5.34. The van der Waals surface area contributed by atoms with E-state index in [0.717, 1.165) is 26.5 Å². The smallest absolute Gasteiger partial charge is 0.0585 e. The Morgan fingerprint density at radius 2 is 1.65 bits per heavy atom. The van der Waals surface area contributed by atoms with Gasteiger partial charge in [-0.05, 0) is 23.8 Å². The zero-order chi connectivity index (χ0) is 11.8. The quantitative estimate of drug-likeness (QED) is 0.667. The van der Waals surface area contributed by atoms with Gasteiger partial charge < -0.3 is 5.73 Å². The van der Waals surface area contributed by atoms with Crippen molar-refractivity contribution in [1.82, 2.24) is 0 Å². The monoisotopic (exact) mass is 259 g/mol. The van der Waals surface area contributed by atoms with Gasteiger partial charge in [-0.2, -0.15) is 0 Å². The van der Waals surface area contributed by atoms with Crippen LogP contribution in [0.4, 0.5) is 5.69 Å². The van der Waals surface area contributed by atoms with Crippen LogP contribution in [-0.2, 0) is 0 Å². The minimum absolute atomic E-state index is 0.744. The number of thiophene rings is 1. The molecule has 84 valence electrons. The van der Waals surface area contributed by atoms with E-state index in [0.29, 0.717) is 0 Å². The summed E-state index contributed by atoms with van der Waals surface area (Å²) in [4.78, 5) is 1.11. The first kappa shape index (κ1) is 10.6. The summed E-state index contributed by atoms with van der Waals surface area (Å²) in [7, 11) is 0. The molecule has 2 N–H and O–H groups in total. The number of fused-ring (bicyclic) bond motifs is 1. The third-order valence-corrected chi connectivity index (χ3v) is 4.23. The van der Waals surface area contributed by atoms with E-state index in [1.165, 1.54) is 4.70 Å².